The molecular formula is C24H21ClN2O2S. The number of hydrogen-bond acceptors (Lipinski definition) is 3. The Morgan fingerprint density at radius 3 is 2.13 bits per heavy atom. The molecule has 0 saturated heterocycles. The Morgan fingerprint density at radius 2 is 1.50 bits per heavy atom. The van der Waals surface area contributed by atoms with Gasteiger partial charge in [0.05, 0.1) is 4.90 Å². The summed E-state index contributed by atoms with van der Waals surface area (Å²) in [5.41, 5.74) is 4.91. The van der Waals surface area contributed by atoms with Gasteiger partial charge in [0, 0.05) is 35.1 Å². The molecule has 0 bridgehead atoms. The van der Waals surface area contributed by atoms with Crippen LogP contribution in [0.2, 0.25) is 5.02 Å². The molecule has 0 N–H and O–H groups in total. The van der Waals surface area contributed by atoms with Crippen LogP contribution in [0.3, 0.4) is 0 Å². The summed E-state index contributed by atoms with van der Waals surface area (Å²) in [6.45, 7) is 0.742. The fraction of sp³-hybridized carbons (Fsp3) is 0.125. The third-order valence-electron chi connectivity index (χ3n) is 4.95. The predicted molar refractivity (Wildman–Crippen MR) is 121 cm³/mol. The number of rotatable bonds is 6. The maximum Gasteiger partial charge on any atom is 0.175 e. The van der Waals surface area contributed by atoms with Crippen molar-refractivity contribution in [3.8, 4) is 22.4 Å². The van der Waals surface area contributed by atoms with Crippen molar-refractivity contribution in [1.29, 1.82) is 0 Å². The van der Waals surface area contributed by atoms with Gasteiger partial charge in [-0.25, -0.2) is 8.42 Å². The van der Waals surface area contributed by atoms with E-state index in [2.05, 4.69) is 12.1 Å². The monoisotopic (exact) mass is 436 g/mol. The second-order valence-electron chi connectivity index (χ2n) is 7.19. The SMILES string of the molecule is CS(=O)(=O)c1ccc(-c2nn(CCc3ccccc3)cc2-c2ccc(Cl)cc2)cc1. The molecule has 0 atom stereocenters. The van der Waals surface area contributed by atoms with Gasteiger partial charge >= 0.3 is 0 Å². The lowest BCUT2D eigenvalue weighted by Gasteiger charge is -2.04. The number of nitrogens with zero attached hydrogens (tertiary/aromatic N) is 2. The summed E-state index contributed by atoms with van der Waals surface area (Å²) >= 11 is 6.06. The van der Waals surface area contributed by atoms with Crippen molar-refractivity contribution in [2.75, 3.05) is 6.26 Å². The molecule has 0 aliphatic carbocycles. The molecule has 4 nitrogen and oxygen atoms in total. The Kier molecular flexibility index (Phi) is 5.75. The van der Waals surface area contributed by atoms with Crippen molar-refractivity contribution in [3.05, 3.63) is 95.6 Å². The normalized spacial score (nSPS) is 11.5. The van der Waals surface area contributed by atoms with Gasteiger partial charge in [-0.3, -0.25) is 4.68 Å². The van der Waals surface area contributed by atoms with Crippen molar-refractivity contribution in [2.24, 2.45) is 0 Å². The molecule has 0 fully saturated rings. The third kappa shape index (κ3) is 4.64. The largest absolute Gasteiger partial charge is 0.271 e. The number of aromatic nitrogens is 2. The number of benzene rings is 3. The lowest BCUT2D eigenvalue weighted by atomic mass is 10.0. The Labute approximate surface area is 181 Å². The van der Waals surface area contributed by atoms with Crippen LogP contribution in [0.4, 0.5) is 0 Å². The minimum atomic E-state index is -3.24. The topological polar surface area (TPSA) is 52.0 Å². The summed E-state index contributed by atoms with van der Waals surface area (Å²) in [6.07, 6.45) is 4.11. The standard InChI is InChI=1S/C24H21ClN2O2S/c1-30(28,29)22-13-9-20(10-14-22)24-23(19-7-11-21(25)12-8-19)17-27(26-24)16-15-18-5-3-2-4-6-18/h2-14,17H,15-16H2,1H3. The third-order valence-corrected chi connectivity index (χ3v) is 6.33. The van der Waals surface area contributed by atoms with Gasteiger partial charge in [-0.1, -0.05) is 66.2 Å². The second-order valence-corrected chi connectivity index (χ2v) is 9.65. The van der Waals surface area contributed by atoms with Crippen LogP contribution in [-0.4, -0.2) is 24.5 Å². The molecule has 152 valence electrons. The van der Waals surface area contributed by atoms with Crippen LogP contribution in [-0.2, 0) is 22.8 Å². The number of sulfone groups is 1. The highest BCUT2D eigenvalue weighted by Crippen LogP contribution is 2.32. The number of hydrogen-bond donors (Lipinski definition) is 0. The van der Waals surface area contributed by atoms with E-state index in [1.807, 2.05) is 53.3 Å². The van der Waals surface area contributed by atoms with Gasteiger partial charge in [-0.2, -0.15) is 5.10 Å². The predicted octanol–water partition coefficient (Wildman–Crippen LogP) is 5.52. The van der Waals surface area contributed by atoms with E-state index in [0.29, 0.717) is 9.92 Å². The molecule has 0 unspecified atom stereocenters. The summed E-state index contributed by atoms with van der Waals surface area (Å²) < 4.78 is 25.5. The first-order valence-corrected chi connectivity index (χ1v) is 11.8. The highest BCUT2D eigenvalue weighted by molar-refractivity contribution is 7.90. The second kappa shape index (κ2) is 8.46. The van der Waals surface area contributed by atoms with Crippen molar-refractivity contribution in [2.45, 2.75) is 17.9 Å². The van der Waals surface area contributed by atoms with Gasteiger partial charge < -0.3 is 0 Å². The summed E-state index contributed by atoms with van der Waals surface area (Å²) in [4.78, 5) is 0.294. The van der Waals surface area contributed by atoms with E-state index in [1.165, 1.54) is 11.8 Å². The molecule has 0 amide bonds. The van der Waals surface area contributed by atoms with E-state index >= 15 is 0 Å². The number of aryl methyl sites for hydroxylation is 2. The smallest absolute Gasteiger partial charge is 0.175 e. The Morgan fingerprint density at radius 1 is 0.867 bits per heavy atom. The quantitative estimate of drug-likeness (QED) is 0.400. The zero-order chi connectivity index (χ0) is 21.1. The molecule has 4 aromatic rings. The molecule has 3 aromatic carbocycles. The first-order valence-electron chi connectivity index (χ1n) is 9.58. The first-order chi connectivity index (χ1) is 14.4. The molecule has 0 spiro atoms. The van der Waals surface area contributed by atoms with Crippen molar-refractivity contribution in [3.63, 3.8) is 0 Å². The Bertz CT molecular complexity index is 1250. The van der Waals surface area contributed by atoms with Crippen molar-refractivity contribution < 1.29 is 8.42 Å². The van der Waals surface area contributed by atoms with Crippen molar-refractivity contribution >= 4 is 21.4 Å². The molecule has 1 aromatic heterocycles. The van der Waals surface area contributed by atoms with E-state index in [4.69, 9.17) is 16.7 Å². The highest BCUT2D eigenvalue weighted by atomic mass is 35.5. The van der Waals surface area contributed by atoms with Gasteiger partial charge in [0.2, 0.25) is 0 Å². The zero-order valence-electron chi connectivity index (χ0n) is 16.5. The lowest BCUT2D eigenvalue weighted by molar-refractivity contribution is 0.602. The van der Waals surface area contributed by atoms with Crippen molar-refractivity contribution in [1.82, 2.24) is 9.78 Å². The summed E-state index contributed by atoms with van der Waals surface area (Å²) in [5.74, 6) is 0. The van der Waals surface area contributed by atoms with Crippen LogP contribution in [0.25, 0.3) is 22.4 Å². The molecular weight excluding hydrogens is 416 g/mol. The van der Waals surface area contributed by atoms with E-state index < -0.39 is 9.84 Å². The van der Waals surface area contributed by atoms with Crippen LogP contribution >= 0.6 is 11.6 Å². The highest BCUT2D eigenvalue weighted by Gasteiger charge is 2.15. The van der Waals surface area contributed by atoms with E-state index in [1.54, 1.807) is 24.3 Å². The summed E-state index contributed by atoms with van der Waals surface area (Å²) in [6, 6.07) is 24.8. The van der Waals surface area contributed by atoms with Gasteiger partial charge in [0.1, 0.15) is 5.69 Å². The molecule has 1 heterocycles. The molecule has 0 radical (unpaired) electrons. The van der Waals surface area contributed by atoms with E-state index in [-0.39, 0.29) is 0 Å². The zero-order valence-corrected chi connectivity index (χ0v) is 18.1. The van der Waals surface area contributed by atoms with Gasteiger partial charge in [0.25, 0.3) is 0 Å². The average Bonchev–Trinajstić information content (AvgIpc) is 3.17. The first kappa shape index (κ1) is 20.4. The fourth-order valence-electron chi connectivity index (χ4n) is 3.34. The van der Waals surface area contributed by atoms with E-state index in [0.717, 1.165) is 35.3 Å². The van der Waals surface area contributed by atoms with E-state index in [9.17, 15) is 8.42 Å². The van der Waals surface area contributed by atoms with Crippen LogP contribution < -0.4 is 0 Å². The molecule has 0 aliphatic rings. The molecule has 0 aliphatic heterocycles. The van der Waals surface area contributed by atoms with Crippen LogP contribution in [0.15, 0.2) is 90.0 Å². The molecule has 0 saturated carbocycles. The molecule has 30 heavy (non-hydrogen) atoms. The molecule has 6 heteroatoms. The number of halogens is 1. The average molecular weight is 437 g/mol. The van der Waals surface area contributed by atoms with Crippen LogP contribution in [0.5, 0.6) is 0 Å². The molecule has 4 rings (SSSR count). The maximum absolute atomic E-state index is 11.8. The Balaban J connectivity index is 1.71. The van der Waals surface area contributed by atoms with Crippen LogP contribution in [0, 0.1) is 0 Å². The lowest BCUT2D eigenvalue weighted by Crippen LogP contribution is -2.02. The van der Waals surface area contributed by atoms with Gasteiger partial charge in [0.15, 0.2) is 9.84 Å². The summed E-state index contributed by atoms with van der Waals surface area (Å²) in [5, 5.41) is 5.50. The summed E-state index contributed by atoms with van der Waals surface area (Å²) in [7, 11) is -3.24. The minimum absolute atomic E-state index is 0.294. The van der Waals surface area contributed by atoms with Gasteiger partial charge in [-0.05, 0) is 41.8 Å². The minimum Gasteiger partial charge on any atom is -0.271 e. The van der Waals surface area contributed by atoms with Gasteiger partial charge in [-0.15, -0.1) is 0 Å². The maximum atomic E-state index is 11.8. The fourth-order valence-corrected chi connectivity index (χ4v) is 4.09. The Hall–Kier alpha value is -2.89. The van der Waals surface area contributed by atoms with Crippen LogP contribution in [0.1, 0.15) is 5.56 Å².